The van der Waals surface area contributed by atoms with E-state index in [9.17, 15) is 4.79 Å². The molecule has 88 valence electrons. The highest BCUT2D eigenvalue weighted by Gasteiger charge is 2.42. The van der Waals surface area contributed by atoms with Crippen molar-refractivity contribution in [3.05, 3.63) is 22.8 Å². The third kappa shape index (κ3) is 1.88. The van der Waals surface area contributed by atoms with Crippen LogP contribution in [0.25, 0.3) is 0 Å². The lowest BCUT2D eigenvalue weighted by atomic mass is 9.59. The topological polar surface area (TPSA) is 17.1 Å². The monoisotopic (exact) mass is 218 g/mol. The lowest BCUT2D eigenvalue weighted by molar-refractivity contribution is -0.118. The Labute approximate surface area is 98.6 Å². The number of ketones is 1. The maximum atomic E-state index is 11.7. The zero-order chi connectivity index (χ0) is 11.9. The highest BCUT2D eigenvalue weighted by atomic mass is 16.1. The van der Waals surface area contributed by atoms with Gasteiger partial charge in [-0.15, -0.1) is 0 Å². The Morgan fingerprint density at radius 1 is 1.44 bits per heavy atom. The predicted molar refractivity (Wildman–Crippen MR) is 67.2 cm³/mol. The third-order valence-corrected chi connectivity index (χ3v) is 4.51. The Morgan fingerprint density at radius 2 is 2.12 bits per heavy atom. The van der Waals surface area contributed by atoms with Gasteiger partial charge in [0.05, 0.1) is 0 Å². The average Bonchev–Trinajstić information content (AvgIpc) is 2.15. The summed E-state index contributed by atoms with van der Waals surface area (Å²) in [6.45, 7) is 8.86. The summed E-state index contributed by atoms with van der Waals surface area (Å²) in [4.78, 5) is 11.7. The number of hydrogen-bond acceptors (Lipinski definition) is 1. The van der Waals surface area contributed by atoms with Crippen molar-refractivity contribution in [2.24, 2.45) is 11.3 Å². The van der Waals surface area contributed by atoms with Crippen molar-refractivity contribution in [1.82, 2.24) is 0 Å². The van der Waals surface area contributed by atoms with E-state index in [1.165, 1.54) is 30.4 Å². The summed E-state index contributed by atoms with van der Waals surface area (Å²) >= 11 is 0. The molecule has 1 heteroatoms. The van der Waals surface area contributed by atoms with Crippen LogP contribution in [0.4, 0.5) is 0 Å². The summed E-state index contributed by atoms with van der Waals surface area (Å²) in [6.07, 6.45) is 6.17. The minimum atomic E-state index is 0.231. The first-order valence-corrected chi connectivity index (χ1v) is 6.28. The Morgan fingerprint density at radius 3 is 2.75 bits per heavy atom. The van der Waals surface area contributed by atoms with Crippen molar-refractivity contribution < 1.29 is 4.79 Å². The molecule has 0 radical (unpaired) electrons. The Bertz CT molecular complexity index is 382. The number of carbonyl (C=O) groups is 1. The van der Waals surface area contributed by atoms with Crippen LogP contribution in [0.2, 0.25) is 0 Å². The zero-order valence-corrected chi connectivity index (χ0v) is 10.9. The largest absolute Gasteiger partial charge is 0.295 e. The standard InChI is InChI=1S/C15H22O/c1-10(2)12-5-6-15(4)9-13(16)7-11(3)14(15)8-12/h7,14H,5-6,8-9H2,1-4H3/t14-,15+/m0/s1. The van der Waals surface area contributed by atoms with Crippen molar-refractivity contribution >= 4 is 5.78 Å². The molecule has 0 unspecified atom stereocenters. The van der Waals surface area contributed by atoms with Crippen LogP contribution in [0.5, 0.6) is 0 Å². The van der Waals surface area contributed by atoms with Gasteiger partial charge in [0.2, 0.25) is 0 Å². The van der Waals surface area contributed by atoms with Gasteiger partial charge in [0.1, 0.15) is 0 Å². The minimum Gasteiger partial charge on any atom is -0.295 e. The third-order valence-electron chi connectivity index (χ3n) is 4.51. The summed E-state index contributed by atoms with van der Waals surface area (Å²) in [7, 11) is 0. The van der Waals surface area contributed by atoms with Gasteiger partial charge in [0.25, 0.3) is 0 Å². The lowest BCUT2D eigenvalue weighted by Crippen LogP contribution is -2.37. The molecule has 0 spiro atoms. The molecule has 0 aliphatic heterocycles. The molecule has 0 bridgehead atoms. The van der Waals surface area contributed by atoms with Gasteiger partial charge in [-0.2, -0.15) is 0 Å². The van der Waals surface area contributed by atoms with Crippen molar-refractivity contribution in [3.63, 3.8) is 0 Å². The summed E-state index contributed by atoms with van der Waals surface area (Å²) in [5.74, 6) is 0.931. The SMILES string of the molecule is CC1=CC(=O)C[C@@]2(C)CCC(=C(C)C)C[C@@H]12. The molecule has 0 aromatic heterocycles. The van der Waals surface area contributed by atoms with E-state index >= 15 is 0 Å². The average molecular weight is 218 g/mol. The molecule has 0 aromatic carbocycles. The van der Waals surface area contributed by atoms with Gasteiger partial charge in [-0.25, -0.2) is 0 Å². The second-order valence-corrected chi connectivity index (χ2v) is 6.05. The van der Waals surface area contributed by atoms with E-state index in [1.807, 2.05) is 6.08 Å². The van der Waals surface area contributed by atoms with E-state index in [-0.39, 0.29) is 5.41 Å². The van der Waals surface area contributed by atoms with Crippen LogP contribution in [-0.4, -0.2) is 5.78 Å². The van der Waals surface area contributed by atoms with Gasteiger partial charge in [0, 0.05) is 6.42 Å². The number of fused-ring (bicyclic) bond motifs is 1. The fraction of sp³-hybridized carbons (Fsp3) is 0.667. The van der Waals surface area contributed by atoms with Crippen LogP contribution in [0, 0.1) is 11.3 Å². The van der Waals surface area contributed by atoms with E-state index in [0.717, 1.165) is 6.42 Å². The molecular weight excluding hydrogens is 196 g/mol. The normalized spacial score (nSPS) is 34.5. The van der Waals surface area contributed by atoms with Gasteiger partial charge in [-0.3, -0.25) is 4.79 Å². The smallest absolute Gasteiger partial charge is 0.156 e. The molecule has 2 atom stereocenters. The number of hydrogen-bond donors (Lipinski definition) is 0. The first-order valence-electron chi connectivity index (χ1n) is 6.28. The van der Waals surface area contributed by atoms with Gasteiger partial charge < -0.3 is 0 Å². The second kappa shape index (κ2) is 3.87. The maximum Gasteiger partial charge on any atom is 0.156 e. The Hall–Kier alpha value is -0.850. The lowest BCUT2D eigenvalue weighted by Gasteiger charge is -2.45. The molecule has 1 fully saturated rings. The maximum absolute atomic E-state index is 11.7. The fourth-order valence-electron chi connectivity index (χ4n) is 3.39. The summed E-state index contributed by atoms with van der Waals surface area (Å²) in [6, 6.07) is 0. The summed E-state index contributed by atoms with van der Waals surface area (Å²) < 4.78 is 0. The quantitative estimate of drug-likeness (QED) is 0.561. The zero-order valence-electron chi connectivity index (χ0n) is 10.9. The fourth-order valence-corrected chi connectivity index (χ4v) is 3.39. The van der Waals surface area contributed by atoms with Crippen LogP contribution >= 0.6 is 0 Å². The minimum absolute atomic E-state index is 0.231. The highest BCUT2D eigenvalue weighted by molar-refractivity contribution is 5.92. The van der Waals surface area contributed by atoms with Gasteiger partial charge in [-0.05, 0) is 57.4 Å². The predicted octanol–water partition coefficient (Wildman–Crippen LogP) is 4.05. The van der Waals surface area contributed by atoms with Crippen LogP contribution in [0.3, 0.4) is 0 Å². The molecular formula is C15H22O. The highest BCUT2D eigenvalue weighted by Crippen LogP contribution is 2.51. The number of allylic oxidation sites excluding steroid dienone is 4. The molecule has 2 aliphatic rings. The molecule has 0 aromatic rings. The molecule has 0 saturated heterocycles. The first-order chi connectivity index (χ1) is 7.42. The van der Waals surface area contributed by atoms with Crippen LogP contribution in [0.15, 0.2) is 22.8 Å². The first kappa shape index (κ1) is 11.6. The molecule has 0 heterocycles. The second-order valence-electron chi connectivity index (χ2n) is 6.05. The van der Waals surface area contributed by atoms with E-state index < -0.39 is 0 Å². The Kier molecular flexibility index (Phi) is 2.81. The van der Waals surface area contributed by atoms with Crippen molar-refractivity contribution in [1.29, 1.82) is 0 Å². The van der Waals surface area contributed by atoms with Crippen LogP contribution in [0.1, 0.15) is 53.4 Å². The van der Waals surface area contributed by atoms with E-state index in [1.54, 1.807) is 5.57 Å². The van der Waals surface area contributed by atoms with Gasteiger partial charge in [-0.1, -0.05) is 23.6 Å². The summed E-state index contributed by atoms with van der Waals surface area (Å²) in [5, 5.41) is 0. The Balaban J connectivity index is 2.33. The van der Waals surface area contributed by atoms with E-state index in [0.29, 0.717) is 11.7 Å². The van der Waals surface area contributed by atoms with Gasteiger partial charge in [0.15, 0.2) is 5.78 Å². The van der Waals surface area contributed by atoms with Crippen molar-refractivity contribution in [2.75, 3.05) is 0 Å². The number of rotatable bonds is 0. The number of carbonyl (C=O) groups excluding carboxylic acids is 1. The van der Waals surface area contributed by atoms with Crippen molar-refractivity contribution in [3.8, 4) is 0 Å². The van der Waals surface area contributed by atoms with Crippen molar-refractivity contribution in [2.45, 2.75) is 53.4 Å². The molecule has 0 amide bonds. The molecule has 0 N–H and O–H groups in total. The molecule has 1 nitrogen and oxygen atoms in total. The van der Waals surface area contributed by atoms with E-state index in [4.69, 9.17) is 0 Å². The summed E-state index contributed by atoms with van der Waals surface area (Å²) in [5.41, 5.74) is 4.63. The van der Waals surface area contributed by atoms with E-state index in [2.05, 4.69) is 27.7 Å². The molecule has 1 saturated carbocycles. The van der Waals surface area contributed by atoms with Crippen LogP contribution < -0.4 is 0 Å². The molecule has 16 heavy (non-hydrogen) atoms. The van der Waals surface area contributed by atoms with Gasteiger partial charge >= 0.3 is 0 Å². The molecule has 2 aliphatic carbocycles. The van der Waals surface area contributed by atoms with Crippen LogP contribution in [-0.2, 0) is 4.79 Å². The molecule has 2 rings (SSSR count).